The maximum Gasteiger partial charge on any atom is 0.469 e. The van der Waals surface area contributed by atoms with E-state index in [9.17, 15) is 43.7 Å². The van der Waals surface area contributed by atoms with E-state index in [2.05, 4.69) is 64.6 Å². The molecule has 0 spiro atoms. The highest BCUT2D eigenvalue weighted by Crippen LogP contribution is 2.44. The summed E-state index contributed by atoms with van der Waals surface area (Å²) in [6, 6.07) is 0. The number of anilines is 1. The van der Waals surface area contributed by atoms with Gasteiger partial charge in [-0.1, -0.05) is 26.5 Å². The van der Waals surface area contributed by atoms with Gasteiger partial charge in [-0.2, -0.15) is 0 Å². The van der Waals surface area contributed by atoms with Gasteiger partial charge in [-0.25, -0.2) is 28.6 Å². The number of carbonyl (C=O) groups is 2. The van der Waals surface area contributed by atoms with Crippen molar-refractivity contribution in [1.29, 1.82) is 0 Å². The third kappa shape index (κ3) is 16.4. The zero-order valence-corrected chi connectivity index (χ0v) is 43.6. The van der Waals surface area contributed by atoms with Gasteiger partial charge in [0.15, 0.2) is 41.5 Å². The molecule has 12 atom stereocenters. The van der Waals surface area contributed by atoms with Crippen LogP contribution in [0, 0.1) is 0 Å². The Bertz CT molecular complexity index is 2580. The molecule has 2 amide bonds. The van der Waals surface area contributed by atoms with Gasteiger partial charge in [0.1, 0.15) is 72.9 Å². The van der Waals surface area contributed by atoms with Gasteiger partial charge in [0.05, 0.1) is 26.1 Å². The predicted molar refractivity (Wildman–Crippen MR) is 254 cm³/mol. The molecule has 6 aliphatic rings. The van der Waals surface area contributed by atoms with Crippen LogP contribution in [-0.4, -0.2) is 204 Å². The Morgan fingerprint density at radius 1 is 0.684 bits per heavy atom. The number of fused-ring (bicyclic) bond motifs is 2. The second-order valence-corrected chi connectivity index (χ2v) is 21.4. The van der Waals surface area contributed by atoms with Crippen molar-refractivity contribution in [3.63, 3.8) is 0 Å². The summed E-state index contributed by atoms with van der Waals surface area (Å²) in [4.78, 5) is 90.7. The molecule has 36 heteroatoms. The number of hydrogen-bond acceptors (Lipinski definition) is 24. The molecule has 0 aromatic carbocycles. The molecule has 0 saturated carbocycles. The predicted octanol–water partition coefficient (Wildman–Crippen LogP) is -2.11. The van der Waals surface area contributed by atoms with Crippen LogP contribution < -0.4 is 16.0 Å². The molecule has 13 N–H and O–H groups in total. The Kier molecular flexibility index (Phi) is 20.6. The lowest BCUT2D eigenvalue weighted by molar-refractivity contribution is -0.202. The summed E-state index contributed by atoms with van der Waals surface area (Å²) in [7, 11) is -14.1. The molecule has 6 aliphatic heterocycles. The van der Waals surface area contributed by atoms with Crippen LogP contribution in [0.4, 0.5) is 5.82 Å². The number of ether oxygens (including phenoxy) is 6. The highest BCUT2D eigenvalue weighted by Gasteiger charge is 2.57. The van der Waals surface area contributed by atoms with Gasteiger partial charge in [0.2, 0.25) is 0 Å². The molecule has 8 rings (SSSR count). The number of phosphoric ester groups is 3. The summed E-state index contributed by atoms with van der Waals surface area (Å²) < 4.78 is 81.0. The zero-order chi connectivity index (χ0) is 55.9. The van der Waals surface area contributed by atoms with E-state index >= 15 is 0 Å². The number of amides is 2. The highest BCUT2D eigenvalue weighted by atomic mass is 31.2. The van der Waals surface area contributed by atoms with E-state index in [0.717, 1.165) is 25.9 Å². The summed E-state index contributed by atoms with van der Waals surface area (Å²) >= 11 is 0. The summed E-state index contributed by atoms with van der Waals surface area (Å²) in [5.74, 6) is -0.651. The smallest absolute Gasteiger partial charge is 0.387 e. The van der Waals surface area contributed by atoms with E-state index in [1.807, 2.05) is 0 Å². The molecule has 0 radical (unpaired) electrons. The normalized spacial score (nSPS) is 30.2. The second kappa shape index (κ2) is 25.7. The monoisotopic (exact) mass is 1150 g/mol. The fourth-order valence-corrected chi connectivity index (χ4v) is 9.09. The van der Waals surface area contributed by atoms with Crippen LogP contribution in [0.2, 0.25) is 0 Å². The van der Waals surface area contributed by atoms with E-state index in [0.29, 0.717) is 36.0 Å². The Morgan fingerprint density at radius 2 is 1.17 bits per heavy atom. The van der Waals surface area contributed by atoms with Gasteiger partial charge in [-0.3, -0.25) is 27.7 Å². The fraction of sp³-hybridized carbons (Fsp3) is 0.625. The molecular weight excluding hydrogens is 1080 g/mol. The Hall–Kier alpha value is -4.22. The minimum absolute atomic E-state index is 0.135. The Morgan fingerprint density at radius 3 is 1.71 bits per heavy atom. The van der Waals surface area contributed by atoms with Crippen molar-refractivity contribution in [3.8, 4) is 0 Å². The van der Waals surface area contributed by atoms with Crippen LogP contribution in [0.15, 0.2) is 62.0 Å². The summed E-state index contributed by atoms with van der Waals surface area (Å²) in [5.41, 5.74) is 0.819. The Labute approximate surface area is 432 Å². The van der Waals surface area contributed by atoms with Gasteiger partial charge < -0.3 is 104 Å². The van der Waals surface area contributed by atoms with E-state index in [1.54, 1.807) is 18.7 Å². The van der Waals surface area contributed by atoms with Gasteiger partial charge in [0.25, 0.3) is 11.8 Å². The average molecular weight is 1150 g/mol. The maximum atomic E-state index is 11.4. The lowest BCUT2D eigenvalue weighted by Gasteiger charge is -2.34. The van der Waals surface area contributed by atoms with Crippen LogP contribution in [0.5, 0.6) is 0 Å². The molecule has 2 aromatic heterocycles. The third-order valence-electron chi connectivity index (χ3n) is 11.5. The van der Waals surface area contributed by atoms with Crippen molar-refractivity contribution in [1.82, 2.24) is 40.0 Å². The second-order valence-electron chi connectivity index (χ2n) is 17.7. The number of imidazole rings is 1. The summed E-state index contributed by atoms with van der Waals surface area (Å²) in [6.45, 7) is 13.3. The van der Waals surface area contributed by atoms with Crippen LogP contribution in [0.3, 0.4) is 0 Å². The van der Waals surface area contributed by atoms with Crippen molar-refractivity contribution >= 4 is 52.3 Å². The molecule has 2 aromatic rings. The molecule has 76 heavy (non-hydrogen) atoms. The average Bonchev–Trinajstić information content (AvgIpc) is 4.12. The van der Waals surface area contributed by atoms with Gasteiger partial charge in [0, 0.05) is 44.3 Å². The zero-order valence-electron chi connectivity index (χ0n) is 40.9. The molecule has 8 heterocycles. The Balaban J connectivity index is 0.000000189. The molecule has 4 fully saturated rings. The first-order valence-electron chi connectivity index (χ1n) is 23.1. The van der Waals surface area contributed by atoms with E-state index in [4.69, 9.17) is 57.8 Å². The molecule has 33 nitrogen and oxygen atoms in total. The summed E-state index contributed by atoms with van der Waals surface area (Å²) in [5, 5.41) is 48.4. The fourth-order valence-electron chi connectivity index (χ4n) is 8.07. The quantitative estimate of drug-likeness (QED) is 0.0498. The third-order valence-corrected chi connectivity index (χ3v) is 13.0. The standard InChI is InChI=1S/C17H28N5O8P.C13H19N2O8P.C10H15N2O8P/c1-2-3-6-28-7-4-5-18-15-12-16(20-9-19-15)22(10-21-12)17-14(24)13(23)11(30-17)8-29-31(25,26)27;1-7-14-9(16)4-5-15(7)12-11-10(22-13(2,3)23-11)8(21-12)6-20-24(17,18)19;1-5-11-7(13)2-3-12(5)10-9(15)8(14)6(20-10)4-19-21(16,17)18/h9-11,13-14,17,23-24H,2-8H2,1H3,(H,18,19,20)(H2,25,26,27);4-5,8,10-12H,1,6H2,2-3H3,(H,14,16)(H2,17,18,19);2-3,6,8-10,14-15H,1,4H2,(H,11,13)(H2,16,17,18)/t11-,13-,14?,17-;8-,10-,11?,12-;6-,8-,9?,10-/m111/s1. The number of carbonyl (C=O) groups excluding carboxylic acids is 2. The molecule has 426 valence electrons. The van der Waals surface area contributed by atoms with Crippen LogP contribution >= 0.6 is 23.5 Å². The van der Waals surface area contributed by atoms with Gasteiger partial charge >= 0.3 is 23.5 Å². The molecule has 0 aliphatic carbocycles. The minimum Gasteiger partial charge on any atom is -0.387 e. The number of aliphatic hydroxyl groups is 4. The SMILES string of the molecule is C=C1NC(=O)C=CN1[C@@H]1O[C@H](COP(=O)(O)O)[C@@H](O)C1O.C=C1NC(=O)C=CN1[C@@H]1O[C@H](COP(=O)(O)O)[C@H]2OC(C)(C)OC12.CCCCOCCCNc1ncnc2c1ncn2[C@@H]1O[C@H](COP(=O)(O)O)[C@@H](O)C1O. The number of rotatable bonds is 20. The largest absolute Gasteiger partial charge is 0.469 e. The van der Waals surface area contributed by atoms with Crippen LogP contribution in [0.25, 0.3) is 11.2 Å². The first-order valence-corrected chi connectivity index (χ1v) is 27.7. The topological polar surface area (TPSA) is 457 Å². The van der Waals surface area contributed by atoms with Crippen molar-refractivity contribution in [2.45, 2.75) is 119 Å². The summed E-state index contributed by atoms with van der Waals surface area (Å²) in [6.07, 6.45) is -1.66. The number of hydrogen-bond donors (Lipinski definition) is 13. The maximum absolute atomic E-state index is 11.4. The first kappa shape index (κ1) is 61.0. The van der Waals surface area contributed by atoms with Gasteiger partial charge in [-0.05, 0) is 26.7 Å². The number of nitrogens with zero attached hydrogens (tertiary/aromatic N) is 6. The molecular formula is C40H62N9O24P3. The number of nitrogens with one attached hydrogen (secondary N) is 3. The number of aliphatic hydroxyl groups excluding tert-OH is 4. The number of unbranched alkanes of at least 4 members (excludes halogenated alkanes) is 1. The van der Waals surface area contributed by atoms with Crippen LogP contribution in [-0.2, 0) is 65.3 Å². The molecule has 0 bridgehead atoms. The minimum atomic E-state index is -4.74. The lowest BCUT2D eigenvalue weighted by Crippen LogP contribution is -2.46. The molecule has 3 unspecified atom stereocenters. The molecule has 4 saturated heterocycles. The lowest BCUT2D eigenvalue weighted by atomic mass is 10.1. The van der Waals surface area contributed by atoms with E-state index < -0.39 is 122 Å². The van der Waals surface area contributed by atoms with Crippen molar-refractivity contribution in [2.24, 2.45) is 0 Å². The van der Waals surface area contributed by atoms with E-state index in [-0.39, 0.29) is 18.3 Å². The van der Waals surface area contributed by atoms with Gasteiger partial charge in [-0.15, -0.1) is 0 Å². The first-order chi connectivity index (χ1) is 35.6. The van der Waals surface area contributed by atoms with Crippen molar-refractivity contribution in [2.75, 3.05) is 44.9 Å². The van der Waals surface area contributed by atoms with E-state index in [1.165, 1.54) is 46.7 Å². The number of aromatic nitrogens is 4. The number of phosphoric acid groups is 3. The van der Waals surface area contributed by atoms with Crippen molar-refractivity contribution < 1.29 is 115 Å². The van der Waals surface area contributed by atoms with Crippen LogP contribution in [0.1, 0.15) is 46.3 Å². The van der Waals surface area contributed by atoms with Crippen molar-refractivity contribution in [3.05, 3.63) is 62.0 Å². The highest BCUT2D eigenvalue weighted by molar-refractivity contribution is 7.46.